The molecule has 1 N–H and O–H groups in total. The van der Waals surface area contributed by atoms with Crippen LogP contribution >= 0.6 is 15.9 Å². The van der Waals surface area contributed by atoms with Gasteiger partial charge in [-0.1, -0.05) is 0 Å². The first kappa shape index (κ1) is 9.85. The Morgan fingerprint density at radius 3 is 2.93 bits per heavy atom. The first-order chi connectivity index (χ1) is 7.20. The third-order valence-electron chi connectivity index (χ3n) is 1.84. The summed E-state index contributed by atoms with van der Waals surface area (Å²) in [6, 6.07) is 1.71. The summed E-state index contributed by atoms with van der Waals surface area (Å²) in [5.41, 5.74) is 0.694. The van der Waals surface area contributed by atoms with Crippen molar-refractivity contribution in [2.24, 2.45) is 0 Å². The molecule has 2 aromatic heterocycles. The average Bonchev–Trinajstić information content (AvgIpc) is 2.67. The molecular weight excluding hydrogens is 262 g/mol. The van der Waals surface area contributed by atoms with E-state index in [1.807, 2.05) is 0 Å². The molecule has 0 unspecified atom stereocenters. The van der Waals surface area contributed by atoms with Gasteiger partial charge in [-0.15, -0.1) is 0 Å². The predicted molar refractivity (Wildman–Crippen MR) is 56.0 cm³/mol. The SMILES string of the molecule is O=C(O)c1nccn1-c1ccncc1Br. The number of hydrogen-bond acceptors (Lipinski definition) is 3. The Morgan fingerprint density at radius 1 is 1.47 bits per heavy atom. The fourth-order valence-electron chi connectivity index (χ4n) is 1.22. The summed E-state index contributed by atoms with van der Waals surface area (Å²) < 4.78 is 2.19. The first-order valence-electron chi connectivity index (χ1n) is 4.06. The van der Waals surface area contributed by atoms with Crippen molar-refractivity contribution in [3.8, 4) is 5.69 Å². The Morgan fingerprint density at radius 2 is 2.27 bits per heavy atom. The van der Waals surface area contributed by atoms with Gasteiger partial charge in [0.05, 0.1) is 10.2 Å². The highest BCUT2D eigenvalue weighted by atomic mass is 79.9. The average molecular weight is 268 g/mol. The molecule has 2 heterocycles. The standard InChI is InChI=1S/C9H6BrN3O2/c10-6-5-11-2-1-7(6)13-4-3-12-8(13)9(14)15/h1-5H,(H,14,15). The van der Waals surface area contributed by atoms with Crippen LogP contribution in [-0.4, -0.2) is 25.6 Å². The second kappa shape index (κ2) is 3.82. The van der Waals surface area contributed by atoms with Gasteiger partial charge < -0.3 is 5.11 Å². The Labute approximate surface area is 93.5 Å². The molecule has 0 amide bonds. The van der Waals surface area contributed by atoms with Crippen molar-refractivity contribution >= 4 is 21.9 Å². The third-order valence-corrected chi connectivity index (χ3v) is 2.45. The minimum absolute atomic E-state index is 0.0260. The molecule has 2 rings (SSSR count). The van der Waals surface area contributed by atoms with E-state index in [9.17, 15) is 4.79 Å². The molecule has 15 heavy (non-hydrogen) atoms. The molecule has 0 aliphatic carbocycles. The molecule has 2 aromatic rings. The number of carbonyl (C=O) groups is 1. The van der Waals surface area contributed by atoms with Crippen LogP contribution in [0.3, 0.4) is 0 Å². The summed E-state index contributed by atoms with van der Waals surface area (Å²) in [6.07, 6.45) is 6.21. The molecule has 0 saturated heterocycles. The summed E-state index contributed by atoms with van der Waals surface area (Å²) in [5, 5.41) is 8.89. The lowest BCUT2D eigenvalue weighted by atomic mass is 10.4. The minimum Gasteiger partial charge on any atom is -0.475 e. The highest BCUT2D eigenvalue weighted by Crippen LogP contribution is 2.20. The fourth-order valence-corrected chi connectivity index (χ4v) is 1.66. The molecular formula is C9H6BrN3O2. The van der Waals surface area contributed by atoms with Crippen molar-refractivity contribution in [3.05, 3.63) is 41.2 Å². The smallest absolute Gasteiger partial charge is 0.372 e. The quantitative estimate of drug-likeness (QED) is 0.900. The van der Waals surface area contributed by atoms with Gasteiger partial charge in [0.15, 0.2) is 0 Å². The van der Waals surface area contributed by atoms with Crippen LogP contribution in [0.2, 0.25) is 0 Å². The second-order valence-corrected chi connectivity index (χ2v) is 3.61. The van der Waals surface area contributed by atoms with Crippen molar-refractivity contribution in [1.29, 1.82) is 0 Å². The van der Waals surface area contributed by atoms with Crippen LogP contribution in [0.25, 0.3) is 5.69 Å². The van der Waals surface area contributed by atoms with E-state index in [-0.39, 0.29) is 5.82 Å². The van der Waals surface area contributed by atoms with Crippen LogP contribution in [0, 0.1) is 0 Å². The molecule has 0 aromatic carbocycles. The maximum Gasteiger partial charge on any atom is 0.372 e. The minimum atomic E-state index is -1.07. The Hall–Kier alpha value is -1.69. The number of pyridine rings is 1. The van der Waals surface area contributed by atoms with E-state index in [1.165, 1.54) is 10.8 Å². The number of carboxylic acid groups (broad SMARTS) is 1. The summed E-state index contributed by atoms with van der Waals surface area (Å²) in [7, 11) is 0. The van der Waals surface area contributed by atoms with Crippen molar-refractivity contribution in [2.75, 3.05) is 0 Å². The van der Waals surface area contributed by atoms with Crippen LogP contribution in [0.5, 0.6) is 0 Å². The van der Waals surface area contributed by atoms with E-state index in [4.69, 9.17) is 5.11 Å². The Kier molecular flexibility index (Phi) is 2.51. The monoisotopic (exact) mass is 267 g/mol. The van der Waals surface area contributed by atoms with E-state index in [1.54, 1.807) is 24.7 Å². The van der Waals surface area contributed by atoms with E-state index in [0.717, 1.165) is 0 Å². The van der Waals surface area contributed by atoms with Crippen LogP contribution in [-0.2, 0) is 0 Å². The van der Waals surface area contributed by atoms with Crippen molar-refractivity contribution in [1.82, 2.24) is 14.5 Å². The topological polar surface area (TPSA) is 68.0 Å². The normalized spacial score (nSPS) is 10.2. The van der Waals surface area contributed by atoms with Gasteiger partial charge >= 0.3 is 5.97 Å². The van der Waals surface area contributed by atoms with E-state index in [2.05, 4.69) is 25.9 Å². The largest absolute Gasteiger partial charge is 0.475 e. The third kappa shape index (κ3) is 1.75. The van der Waals surface area contributed by atoms with Gasteiger partial charge in [0.1, 0.15) is 0 Å². The van der Waals surface area contributed by atoms with Crippen molar-refractivity contribution in [3.63, 3.8) is 0 Å². The molecule has 0 saturated carbocycles. The fraction of sp³-hybridized carbons (Fsp3) is 0. The first-order valence-corrected chi connectivity index (χ1v) is 4.86. The number of carboxylic acids is 1. The molecule has 0 bridgehead atoms. The number of aromatic nitrogens is 3. The number of halogens is 1. The molecule has 0 atom stereocenters. The lowest BCUT2D eigenvalue weighted by molar-refractivity contribution is 0.0681. The number of hydrogen-bond donors (Lipinski definition) is 1. The maximum atomic E-state index is 10.9. The van der Waals surface area contributed by atoms with Gasteiger partial charge in [-0.05, 0) is 22.0 Å². The highest BCUT2D eigenvalue weighted by Gasteiger charge is 2.13. The maximum absolute atomic E-state index is 10.9. The van der Waals surface area contributed by atoms with Crippen molar-refractivity contribution in [2.45, 2.75) is 0 Å². The Balaban J connectivity index is 2.59. The molecule has 0 spiro atoms. The lowest BCUT2D eigenvalue weighted by Gasteiger charge is -2.06. The summed E-state index contributed by atoms with van der Waals surface area (Å²) >= 11 is 3.30. The zero-order chi connectivity index (χ0) is 10.8. The number of nitrogens with zero attached hydrogens (tertiary/aromatic N) is 3. The van der Waals surface area contributed by atoms with Crippen molar-refractivity contribution < 1.29 is 9.90 Å². The van der Waals surface area contributed by atoms with Gasteiger partial charge in [-0.2, -0.15) is 0 Å². The summed E-state index contributed by atoms with van der Waals surface area (Å²) in [4.78, 5) is 18.5. The predicted octanol–water partition coefficient (Wildman–Crippen LogP) is 1.73. The highest BCUT2D eigenvalue weighted by molar-refractivity contribution is 9.10. The second-order valence-electron chi connectivity index (χ2n) is 2.75. The van der Waals surface area contributed by atoms with Crippen LogP contribution in [0.4, 0.5) is 0 Å². The van der Waals surface area contributed by atoms with Crippen LogP contribution < -0.4 is 0 Å². The molecule has 6 heteroatoms. The molecule has 76 valence electrons. The lowest BCUT2D eigenvalue weighted by Crippen LogP contribution is -2.07. The van der Waals surface area contributed by atoms with Gasteiger partial charge in [0.2, 0.25) is 5.82 Å². The zero-order valence-electron chi connectivity index (χ0n) is 7.46. The Bertz CT molecular complexity index is 510. The van der Waals surface area contributed by atoms with E-state index >= 15 is 0 Å². The van der Waals surface area contributed by atoms with E-state index < -0.39 is 5.97 Å². The van der Waals surface area contributed by atoms with Crippen LogP contribution in [0.15, 0.2) is 35.3 Å². The molecule has 0 aliphatic heterocycles. The number of rotatable bonds is 2. The van der Waals surface area contributed by atoms with Gasteiger partial charge in [-0.25, -0.2) is 9.78 Å². The number of imidazole rings is 1. The van der Waals surface area contributed by atoms with Crippen LogP contribution in [0.1, 0.15) is 10.6 Å². The van der Waals surface area contributed by atoms with Gasteiger partial charge in [0.25, 0.3) is 0 Å². The molecule has 5 nitrogen and oxygen atoms in total. The molecule has 0 aliphatic rings. The summed E-state index contributed by atoms with van der Waals surface area (Å²) in [5.74, 6) is -1.09. The molecule has 0 fully saturated rings. The number of aromatic carboxylic acids is 1. The molecule has 0 radical (unpaired) electrons. The zero-order valence-corrected chi connectivity index (χ0v) is 9.05. The summed E-state index contributed by atoms with van der Waals surface area (Å²) in [6.45, 7) is 0. The van der Waals surface area contributed by atoms with Gasteiger partial charge in [0, 0.05) is 24.8 Å². The van der Waals surface area contributed by atoms with Gasteiger partial charge in [-0.3, -0.25) is 9.55 Å². The van der Waals surface area contributed by atoms with E-state index in [0.29, 0.717) is 10.2 Å².